The van der Waals surface area contributed by atoms with Crippen LogP contribution in [0.4, 0.5) is 0 Å². The summed E-state index contributed by atoms with van der Waals surface area (Å²) in [6.45, 7) is 2.09. The number of carboxylic acid groups (broad SMARTS) is 1. The molecule has 0 saturated heterocycles. The Morgan fingerprint density at radius 2 is 2.04 bits per heavy atom. The summed E-state index contributed by atoms with van der Waals surface area (Å²) in [5.74, 6) is -0.353. The summed E-state index contributed by atoms with van der Waals surface area (Å²) >= 11 is 0. The average molecular weight is 326 g/mol. The molecule has 4 rings (SSSR count). The molecule has 6 nitrogen and oxygen atoms in total. The summed E-state index contributed by atoms with van der Waals surface area (Å²) in [7, 11) is 0. The zero-order chi connectivity index (χ0) is 16.8. The van der Waals surface area contributed by atoms with Gasteiger partial charge < -0.3 is 14.4 Å². The van der Waals surface area contributed by atoms with Crippen molar-refractivity contribution in [1.29, 1.82) is 0 Å². The Balaban J connectivity index is 1.70. The van der Waals surface area contributed by atoms with Gasteiger partial charge in [0.05, 0.1) is 5.69 Å². The molecule has 1 amide bonds. The Morgan fingerprint density at radius 3 is 2.75 bits per heavy atom. The normalized spacial score (nSPS) is 19.9. The number of carbonyl (C=O) groups excluding carboxylic acids is 1. The average Bonchev–Trinajstić information content (AvgIpc) is 3.35. The molecule has 1 aliphatic carbocycles. The molecule has 6 heteroatoms. The van der Waals surface area contributed by atoms with E-state index in [0.717, 1.165) is 18.4 Å². The molecular weight excluding hydrogens is 308 g/mol. The molecule has 2 aromatic rings. The van der Waals surface area contributed by atoms with Crippen molar-refractivity contribution in [3.8, 4) is 0 Å². The zero-order valence-electron chi connectivity index (χ0n) is 13.4. The van der Waals surface area contributed by atoms with Crippen molar-refractivity contribution in [2.45, 2.75) is 38.1 Å². The van der Waals surface area contributed by atoms with Crippen molar-refractivity contribution >= 4 is 11.9 Å². The molecule has 24 heavy (non-hydrogen) atoms. The molecule has 1 aromatic heterocycles. The lowest BCUT2D eigenvalue weighted by Crippen LogP contribution is -2.43. The minimum absolute atomic E-state index is 0.169. The second-order valence-corrected chi connectivity index (χ2v) is 6.43. The third kappa shape index (κ3) is 2.38. The number of amides is 1. The monoisotopic (exact) mass is 326 g/mol. The minimum atomic E-state index is -1.03. The molecular formula is C18H18N2O4. The number of carboxylic acids is 1. The number of oxazole rings is 1. The van der Waals surface area contributed by atoms with Crippen molar-refractivity contribution in [2.24, 2.45) is 0 Å². The van der Waals surface area contributed by atoms with E-state index in [1.807, 2.05) is 12.1 Å². The fourth-order valence-electron chi connectivity index (χ4n) is 3.30. The van der Waals surface area contributed by atoms with Crippen molar-refractivity contribution < 1.29 is 19.1 Å². The number of hydrogen-bond donors (Lipinski definition) is 1. The summed E-state index contributed by atoms with van der Waals surface area (Å²) in [5, 5.41) is 9.68. The Morgan fingerprint density at radius 1 is 1.29 bits per heavy atom. The Bertz CT molecular complexity index is 822. The number of aryl methyl sites for hydroxylation is 1. The second kappa shape index (κ2) is 5.47. The van der Waals surface area contributed by atoms with E-state index in [2.05, 4.69) is 4.98 Å². The van der Waals surface area contributed by atoms with Gasteiger partial charge in [-0.25, -0.2) is 9.78 Å². The van der Waals surface area contributed by atoms with E-state index in [4.69, 9.17) is 4.42 Å². The lowest BCUT2D eigenvalue weighted by atomic mass is 9.92. The third-order valence-corrected chi connectivity index (χ3v) is 4.71. The number of fused-ring (bicyclic) bond motifs is 1. The number of benzene rings is 1. The molecule has 0 radical (unpaired) electrons. The maximum Gasteiger partial charge on any atom is 0.331 e. The molecule has 1 saturated carbocycles. The topological polar surface area (TPSA) is 83.6 Å². The van der Waals surface area contributed by atoms with Gasteiger partial charge in [-0.15, -0.1) is 0 Å². The van der Waals surface area contributed by atoms with Crippen LogP contribution >= 0.6 is 0 Å². The van der Waals surface area contributed by atoms with Crippen molar-refractivity contribution in [3.63, 3.8) is 0 Å². The molecule has 1 aromatic carbocycles. The van der Waals surface area contributed by atoms with Crippen LogP contribution in [0.15, 0.2) is 28.7 Å². The number of nitrogens with zero attached hydrogens (tertiary/aromatic N) is 2. The Labute approximate surface area is 139 Å². The van der Waals surface area contributed by atoms with Crippen LogP contribution in [0.1, 0.15) is 58.1 Å². The van der Waals surface area contributed by atoms with Crippen molar-refractivity contribution in [2.75, 3.05) is 6.54 Å². The first-order valence-corrected chi connectivity index (χ1v) is 8.15. The van der Waals surface area contributed by atoms with Gasteiger partial charge in [-0.1, -0.05) is 24.3 Å². The molecule has 1 aliphatic heterocycles. The first-order chi connectivity index (χ1) is 11.6. The van der Waals surface area contributed by atoms with Crippen LogP contribution in [0.3, 0.4) is 0 Å². The first kappa shape index (κ1) is 14.9. The van der Waals surface area contributed by atoms with Crippen LogP contribution in [0, 0.1) is 6.92 Å². The van der Waals surface area contributed by atoms with Gasteiger partial charge in [0.25, 0.3) is 5.91 Å². The van der Waals surface area contributed by atoms with Gasteiger partial charge in [-0.3, -0.25) is 4.79 Å². The van der Waals surface area contributed by atoms with E-state index >= 15 is 0 Å². The number of carbonyl (C=O) groups is 2. The van der Waals surface area contributed by atoms with Gasteiger partial charge >= 0.3 is 5.97 Å². The quantitative estimate of drug-likeness (QED) is 0.937. The summed E-state index contributed by atoms with van der Waals surface area (Å²) in [4.78, 5) is 30.5. The first-order valence-electron chi connectivity index (χ1n) is 8.15. The number of aliphatic carboxylic acids is 1. The molecule has 2 aliphatic rings. The van der Waals surface area contributed by atoms with E-state index in [1.165, 1.54) is 4.90 Å². The predicted octanol–water partition coefficient (Wildman–Crippen LogP) is 2.68. The van der Waals surface area contributed by atoms with E-state index in [0.29, 0.717) is 36.0 Å². The highest BCUT2D eigenvalue weighted by Gasteiger charge is 2.39. The predicted molar refractivity (Wildman–Crippen MR) is 84.8 cm³/mol. The van der Waals surface area contributed by atoms with Crippen LogP contribution in [-0.4, -0.2) is 33.4 Å². The summed E-state index contributed by atoms with van der Waals surface area (Å²) in [5.41, 5.74) is 2.18. The van der Waals surface area contributed by atoms with E-state index in [9.17, 15) is 14.7 Å². The molecule has 0 spiro atoms. The van der Waals surface area contributed by atoms with Crippen LogP contribution < -0.4 is 0 Å². The smallest absolute Gasteiger partial charge is 0.331 e. The number of hydrogen-bond acceptors (Lipinski definition) is 4. The molecule has 2 heterocycles. The standard InChI is InChI=1S/C18H18N2O4/c1-10-15(24-16(19-10)12-6-7-12)17(21)20-9-8-11-4-2-3-5-13(11)14(20)18(22)23/h2-5,12,14H,6-9H2,1H3,(H,22,23). The third-order valence-electron chi connectivity index (χ3n) is 4.71. The molecule has 1 fully saturated rings. The maximum atomic E-state index is 12.9. The lowest BCUT2D eigenvalue weighted by Gasteiger charge is -2.34. The maximum absolute atomic E-state index is 12.9. The van der Waals surface area contributed by atoms with Crippen LogP contribution in [0.25, 0.3) is 0 Å². The Kier molecular flexibility index (Phi) is 3.40. The number of rotatable bonds is 3. The summed E-state index contributed by atoms with van der Waals surface area (Å²) in [6.07, 6.45) is 2.69. The van der Waals surface area contributed by atoms with Gasteiger partial charge in [-0.2, -0.15) is 0 Å². The van der Waals surface area contributed by atoms with Gasteiger partial charge in [0.1, 0.15) is 0 Å². The second-order valence-electron chi connectivity index (χ2n) is 6.43. The van der Waals surface area contributed by atoms with Gasteiger partial charge in [-0.05, 0) is 37.3 Å². The van der Waals surface area contributed by atoms with Crippen molar-refractivity contribution in [1.82, 2.24) is 9.88 Å². The van der Waals surface area contributed by atoms with Crippen LogP contribution in [0.2, 0.25) is 0 Å². The highest BCUT2D eigenvalue weighted by atomic mass is 16.4. The largest absolute Gasteiger partial charge is 0.479 e. The lowest BCUT2D eigenvalue weighted by molar-refractivity contribution is -0.143. The molecule has 0 bridgehead atoms. The molecule has 124 valence electrons. The van der Waals surface area contributed by atoms with Gasteiger partial charge in [0.2, 0.25) is 5.76 Å². The van der Waals surface area contributed by atoms with Crippen LogP contribution in [-0.2, 0) is 11.2 Å². The number of aromatic nitrogens is 1. The highest BCUT2D eigenvalue weighted by Crippen LogP contribution is 2.40. The fraction of sp³-hybridized carbons (Fsp3) is 0.389. The van der Waals surface area contributed by atoms with Crippen LogP contribution in [0.5, 0.6) is 0 Å². The highest BCUT2D eigenvalue weighted by molar-refractivity contribution is 5.95. The van der Waals surface area contributed by atoms with Gasteiger partial charge in [0, 0.05) is 12.5 Å². The molecule has 1 unspecified atom stereocenters. The SMILES string of the molecule is Cc1nc(C2CC2)oc1C(=O)N1CCc2ccccc2C1C(=O)O. The van der Waals surface area contributed by atoms with Gasteiger partial charge in [0.15, 0.2) is 11.9 Å². The zero-order valence-corrected chi connectivity index (χ0v) is 13.4. The minimum Gasteiger partial charge on any atom is -0.479 e. The molecule has 1 atom stereocenters. The van der Waals surface area contributed by atoms with E-state index in [1.54, 1.807) is 19.1 Å². The summed E-state index contributed by atoms with van der Waals surface area (Å²) < 4.78 is 5.67. The summed E-state index contributed by atoms with van der Waals surface area (Å²) in [6, 6.07) is 6.39. The Hall–Kier alpha value is -2.63. The molecule has 1 N–H and O–H groups in total. The van der Waals surface area contributed by atoms with E-state index < -0.39 is 17.9 Å². The van der Waals surface area contributed by atoms with E-state index in [-0.39, 0.29) is 5.76 Å². The van der Waals surface area contributed by atoms with Crippen molar-refractivity contribution in [3.05, 3.63) is 52.7 Å². The fourth-order valence-corrected chi connectivity index (χ4v) is 3.30.